The first-order valence-corrected chi connectivity index (χ1v) is 30.5. The van der Waals surface area contributed by atoms with Crippen molar-refractivity contribution in [3.05, 3.63) is 171 Å². The Labute approximate surface area is 483 Å². The Kier molecular flexibility index (Phi) is 19.8. The average Bonchev–Trinajstić information content (AvgIpc) is 3.49. The molecule has 18 heteroatoms. The van der Waals surface area contributed by atoms with Gasteiger partial charge in [-0.1, -0.05) is 0 Å². The highest BCUT2D eigenvalue weighted by atomic mass is 32.2. The smallest absolute Gasteiger partial charge is 0.115 e. The minimum Gasteiger partial charge on any atom is -0.245 e. The molecule has 78 heavy (non-hydrogen) atoms. The lowest BCUT2D eigenvalue weighted by molar-refractivity contribution is 1.00. The van der Waals surface area contributed by atoms with Gasteiger partial charge in [0.1, 0.15) is 66.6 Å². The number of benzene rings is 1. The van der Waals surface area contributed by atoms with Crippen LogP contribution in [0.25, 0.3) is 0 Å². The Balaban J connectivity index is 1.63. The van der Waals surface area contributed by atoms with E-state index in [1.807, 2.05) is 119 Å². The van der Waals surface area contributed by atoms with Gasteiger partial charge in [0.2, 0.25) is 0 Å². The average molecular weight is 1140 g/mol. The maximum Gasteiger partial charge on any atom is 0.115 e. The van der Waals surface area contributed by atoms with Crippen LogP contribution in [0.15, 0.2) is 66.6 Å². The lowest BCUT2D eigenvalue weighted by Gasteiger charge is -2.27. The van der Waals surface area contributed by atoms with Crippen LogP contribution in [0.5, 0.6) is 0 Å². The van der Waals surface area contributed by atoms with E-state index in [1.165, 1.54) is 70.6 Å². The van der Waals surface area contributed by atoms with Crippen molar-refractivity contribution in [2.24, 2.45) is 0 Å². The van der Waals surface area contributed by atoms with Gasteiger partial charge in [-0.3, -0.25) is 0 Å². The highest BCUT2D eigenvalue weighted by molar-refractivity contribution is 8.00. The highest BCUT2D eigenvalue weighted by Gasteiger charge is 2.28. The summed E-state index contributed by atoms with van der Waals surface area (Å²) in [4.78, 5) is 29.7. The van der Waals surface area contributed by atoms with Crippen LogP contribution in [0.4, 0.5) is 0 Å². The molecule has 0 atom stereocenters. The predicted molar refractivity (Wildman–Crippen MR) is 314 cm³/mol. The molecule has 7 aromatic rings. The molecule has 0 fully saturated rings. The minimum absolute atomic E-state index is 0.351. The van der Waals surface area contributed by atoms with Gasteiger partial charge in [-0.15, -0.1) is 70.6 Å². The van der Waals surface area contributed by atoms with Gasteiger partial charge < -0.3 is 0 Å². The summed E-state index contributed by atoms with van der Waals surface area (Å²) in [6, 6.07) is 26.0. The van der Waals surface area contributed by atoms with Crippen molar-refractivity contribution >= 4 is 70.6 Å². The third-order valence-electron chi connectivity index (χ3n) is 12.8. The summed E-state index contributed by atoms with van der Waals surface area (Å²) in [6.45, 7) is 23.0. The number of nitrogens with zero attached hydrogens (tertiary/aromatic N) is 12. The molecule has 0 aliphatic rings. The summed E-state index contributed by atoms with van der Waals surface area (Å²) >= 11 is 8.86. The number of hydrogen-bond acceptors (Lipinski definition) is 18. The van der Waals surface area contributed by atoms with Crippen molar-refractivity contribution in [1.29, 1.82) is 31.6 Å². The quantitative estimate of drug-likeness (QED) is 0.0729. The first-order valence-electron chi connectivity index (χ1n) is 24.6. The minimum atomic E-state index is 0.351. The molecule has 6 heterocycles. The molecule has 0 radical (unpaired) electrons. The van der Waals surface area contributed by atoms with Gasteiger partial charge in [0.15, 0.2) is 0 Å². The zero-order valence-electron chi connectivity index (χ0n) is 45.5. The molecule has 0 saturated heterocycles. The number of hydrogen-bond donors (Lipinski definition) is 0. The van der Waals surface area contributed by atoms with E-state index >= 15 is 0 Å². The fourth-order valence-electron chi connectivity index (χ4n) is 9.24. The molecular formula is C60H54N12S6. The third-order valence-corrected chi connectivity index (χ3v) is 18.9. The van der Waals surface area contributed by atoms with E-state index in [-0.39, 0.29) is 0 Å². The normalized spacial score (nSPS) is 10.8. The van der Waals surface area contributed by atoms with Crippen LogP contribution in [0, 0.1) is 151 Å². The van der Waals surface area contributed by atoms with Crippen LogP contribution in [-0.4, -0.2) is 29.9 Å². The molecule has 0 bridgehead atoms. The van der Waals surface area contributed by atoms with Gasteiger partial charge in [0.25, 0.3) is 0 Å². The molecule has 0 aliphatic carbocycles. The van der Waals surface area contributed by atoms with Gasteiger partial charge in [0, 0.05) is 68.7 Å². The van der Waals surface area contributed by atoms with Gasteiger partial charge in [-0.05, 0) is 186 Å². The van der Waals surface area contributed by atoms with Crippen LogP contribution in [0.1, 0.15) is 134 Å². The van der Waals surface area contributed by atoms with Crippen molar-refractivity contribution in [3.63, 3.8) is 0 Å². The molecule has 0 spiro atoms. The van der Waals surface area contributed by atoms with Crippen LogP contribution >= 0.6 is 70.6 Å². The van der Waals surface area contributed by atoms with E-state index in [0.29, 0.717) is 98.1 Å². The van der Waals surface area contributed by atoms with Gasteiger partial charge in [-0.25, -0.2) is 29.9 Å². The molecule has 12 nitrogen and oxygen atoms in total. The highest BCUT2D eigenvalue weighted by Crippen LogP contribution is 2.46. The maximum atomic E-state index is 10.6. The summed E-state index contributed by atoms with van der Waals surface area (Å²) in [5.74, 6) is 2.10. The number of rotatable bonds is 18. The molecule has 0 saturated carbocycles. The molecular weight excluding hydrogens is 1080 g/mol. The first kappa shape index (κ1) is 58.8. The van der Waals surface area contributed by atoms with E-state index in [9.17, 15) is 31.6 Å². The van der Waals surface area contributed by atoms with E-state index in [2.05, 4.69) is 36.4 Å². The molecule has 0 N–H and O–H groups in total. The Morgan fingerprint density at radius 1 is 0.256 bits per heavy atom. The monoisotopic (exact) mass is 1130 g/mol. The second-order valence-electron chi connectivity index (χ2n) is 18.8. The topological polar surface area (TPSA) is 220 Å². The van der Waals surface area contributed by atoms with E-state index in [1.54, 1.807) is 0 Å². The van der Waals surface area contributed by atoms with Crippen LogP contribution < -0.4 is 0 Å². The molecule has 1 aromatic carbocycles. The first-order chi connectivity index (χ1) is 37.3. The van der Waals surface area contributed by atoms with E-state index in [4.69, 9.17) is 29.9 Å². The largest absolute Gasteiger partial charge is 0.245 e. The fourth-order valence-corrected chi connectivity index (χ4v) is 16.4. The summed E-state index contributed by atoms with van der Waals surface area (Å²) in [7, 11) is 0. The van der Waals surface area contributed by atoms with Crippen molar-refractivity contribution in [1.82, 2.24) is 29.9 Å². The summed E-state index contributed by atoms with van der Waals surface area (Å²) in [5, 5.41) is 67.2. The van der Waals surface area contributed by atoms with E-state index in [0.717, 1.165) is 101 Å². The van der Waals surface area contributed by atoms with Crippen molar-refractivity contribution < 1.29 is 0 Å². The number of pyridine rings is 6. The van der Waals surface area contributed by atoms with Gasteiger partial charge >= 0.3 is 0 Å². The summed E-state index contributed by atoms with van der Waals surface area (Å²) < 4.78 is 0. The number of aryl methyl sites for hydroxylation is 12. The fraction of sp³-hybridized carbons (Fsp3) is 0.300. The molecule has 390 valence electrons. The van der Waals surface area contributed by atoms with Crippen LogP contribution in [0.3, 0.4) is 0 Å². The van der Waals surface area contributed by atoms with Gasteiger partial charge in [-0.2, -0.15) is 31.6 Å². The van der Waals surface area contributed by atoms with Crippen LogP contribution in [-0.2, 0) is 34.5 Å². The maximum absolute atomic E-state index is 10.6. The number of nitriles is 6. The molecule has 0 aliphatic heterocycles. The number of aromatic nitrogens is 6. The Bertz CT molecular complexity index is 3170. The van der Waals surface area contributed by atoms with E-state index < -0.39 is 0 Å². The zero-order valence-corrected chi connectivity index (χ0v) is 50.4. The molecule has 7 rings (SSSR count). The number of thioether (sulfide) groups is 6. The molecule has 0 amide bonds. The lowest BCUT2D eigenvalue weighted by Crippen LogP contribution is -2.13. The Morgan fingerprint density at radius 3 is 0.500 bits per heavy atom. The molecule has 0 unspecified atom stereocenters. The van der Waals surface area contributed by atoms with Crippen molar-refractivity contribution in [2.45, 2.75) is 148 Å². The summed E-state index contributed by atoms with van der Waals surface area (Å²) in [6.07, 6.45) is 0. The van der Waals surface area contributed by atoms with Crippen molar-refractivity contribution in [3.8, 4) is 36.4 Å². The Morgan fingerprint density at radius 2 is 0.385 bits per heavy atom. The Hall–Kier alpha value is -6.84. The predicted octanol–water partition coefficient (Wildman–Crippen LogP) is 14.7. The summed E-state index contributed by atoms with van der Waals surface area (Å²) in [5.41, 5.74) is 18.2. The SMILES string of the molecule is Cc1cc(C)c(C#N)c(SCc2c(CSc3nc(C)cc(C)c3C#N)c(CSc3nc(C)cc(C)c3C#N)c(CSc3nc(C)cc(C)c3C#N)c(CSc3nc(C)cc(C)c3C#N)c2CSc2nc(C)cc(C)c2C#N)n1. The second-order valence-corrected chi connectivity index (χ2v) is 24.6. The van der Waals surface area contributed by atoms with Crippen molar-refractivity contribution in [2.75, 3.05) is 0 Å². The lowest BCUT2D eigenvalue weighted by atomic mass is 9.90. The second kappa shape index (κ2) is 26.2. The van der Waals surface area contributed by atoms with Crippen LogP contribution in [0.2, 0.25) is 0 Å². The van der Waals surface area contributed by atoms with Gasteiger partial charge in [0.05, 0.1) is 33.4 Å². The zero-order chi connectivity index (χ0) is 56.5. The molecule has 6 aromatic heterocycles. The standard InChI is InChI=1S/C60H54N12S6/c1-31-13-37(7)67-55(43(31)19-61)73-25-49-50(26-74-56-44(20-62)32(2)14-38(8)68-56)52(28-76-58-46(22-64)34(4)16-40(10)70-58)54(30-78-60-48(24-66)36(6)18-42(12)72-60)53(29-77-59-47(23-65)35(5)17-41(11)71-59)51(49)27-75-57-45(21-63)33(3)15-39(9)69-57/h13-18H,25-30H2,1-12H3. The third kappa shape index (κ3) is 13.3.